The van der Waals surface area contributed by atoms with E-state index in [0.29, 0.717) is 23.5 Å². The molecule has 0 aliphatic carbocycles. The Hall–Kier alpha value is -2.39. The zero-order valence-electron chi connectivity index (χ0n) is 13.7. The van der Waals surface area contributed by atoms with Crippen molar-refractivity contribution in [2.24, 2.45) is 0 Å². The van der Waals surface area contributed by atoms with E-state index in [1.165, 1.54) is 0 Å². The molecule has 5 nitrogen and oxygen atoms in total. The number of aliphatic hydroxyl groups excluding tert-OH is 1. The highest BCUT2D eigenvalue weighted by Gasteiger charge is 2.43. The normalized spacial score (nSPS) is 21.4. The summed E-state index contributed by atoms with van der Waals surface area (Å²) >= 11 is 0. The monoisotopic (exact) mass is 324 g/mol. The first-order chi connectivity index (χ1) is 11.5. The number of aliphatic hydroxyl groups is 1. The maximum Gasteiger partial charge on any atom is 0.131 e. The Balaban J connectivity index is 1.81. The van der Waals surface area contributed by atoms with Crippen LogP contribution < -0.4 is 10.2 Å². The molecule has 0 fully saturated rings. The average Bonchev–Trinajstić information content (AvgIpc) is 2.58. The van der Waals surface area contributed by atoms with Crippen LogP contribution in [0.2, 0.25) is 0 Å². The summed E-state index contributed by atoms with van der Waals surface area (Å²) in [5.74, 6) is 0.644. The van der Waals surface area contributed by atoms with E-state index < -0.39 is 17.7 Å². The van der Waals surface area contributed by atoms with Gasteiger partial charge in [-0.25, -0.2) is 0 Å². The van der Waals surface area contributed by atoms with E-state index in [2.05, 4.69) is 11.5 Å². The molecule has 1 aliphatic heterocycles. The van der Waals surface area contributed by atoms with E-state index >= 15 is 0 Å². The van der Waals surface area contributed by atoms with Crippen molar-refractivity contribution in [3.8, 4) is 11.8 Å². The predicted molar refractivity (Wildman–Crippen MR) is 89.0 cm³/mol. The Kier molecular flexibility index (Phi) is 4.54. The van der Waals surface area contributed by atoms with Gasteiger partial charge in [-0.2, -0.15) is 10.7 Å². The van der Waals surface area contributed by atoms with E-state index in [4.69, 9.17) is 14.8 Å². The molecule has 1 heterocycles. The quantitative estimate of drug-likeness (QED) is 0.846. The van der Waals surface area contributed by atoms with Crippen molar-refractivity contribution in [2.75, 3.05) is 0 Å². The molecule has 2 aromatic rings. The van der Waals surface area contributed by atoms with Crippen LogP contribution in [0.1, 0.15) is 36.6 Å². The number of rotatable bonds is 4. The first kappa shape index (κ1) is 16.5. The first-order valence-electron chi connectivity index (χ1n) is 7.83. The minimum atomic E-state index is -0.824. The lowest BCUT2D eigenvalue weighted by Crippen LogP contribution is -2.52. The predicted octanol–water partition coefficient (Wildman–Crippen LogP) is 2.85. The molecule has 3 rings (SSSR count). The van der Waals surface area contributed by atoms with Gasteiger partial charge in [-0.3, -0.25) is 4.84 Å². The van der Waals surface area contributed by atoms with Gasteiger partial charge < -0.3 is 9.84 Å². The standard InChI is InChI=1S/C19H20N2O3/c1-19(2)18(22)17(21-23-12-13-6-4-3-5-7-13)15-10-14(11-20)8-9-16(15)24-19/h3-10,17-18,21-22H,12H2,1-2H3/t17-,18+/m1/s1. The Labute approximate surface area is 141 Å². The third kappa shape index (κ3) is 3.26. The topological polar surface area (TPSA) is 74.5 Å². The fraction of sp³-hybridized carbons (Fsp3) is 0.316. The summed E-state index contributed by atoms with van der Waals surface area (Å²) in [6.07, 6.45) is -0.824. The molecule has 0 spiro atoms. The highest BCUT2D eigenvalue weighted by atomic mass is 16.6. The van der Waals surface area contributed by atoms with Gasteiger partial charge in [0.25, 0.3) is 0 Å². The summed E-state index contributed by atoms with van der Waals surface area (Å²) in [6.45, 7) is 4.02. The Bertz CT molecular complexity index is 753. The number of hydrogen-bond acceptors (Lipinski definition) is 5. The number of hydrogen-bond donors (Lipinski definition) is 2. The molecule has 24 heavy (non-hydrogen) atoms. The van der Waals surface area contributed by atoms with Crippen molar-refractivity contribution in [1.29, 1.82) is 5.26 Å². The molecular formula is C19H20N2O3. The second-order valence-corrected chi connectivity index (χ2v) is 6.38. The van der Waals surface area contributed by atoms with Gasteiger partial charge >= 0.3 is 0 Å². The van der Waals surface area contributed by atoms with E-state index in [0.717, 1.165) is 5.56 Å². The van der Waals surface area contributed by atoms with Gasteiger partial charge in [0.1, 0.15) is 17.5 Å². The maximum atomic E-state index is 10.7. The Morgan fingerprint density at radius 2 is 2.00 bits per heavy atom. The summed E-state index contributed by atoms with van der Waals surface area (Å²) < 4.78 is 5.87. The highest BCUT2D eigenvalue weighted by molar-refractivity contribution is 5.46. The van der Waals surface area contributed by atoms with Crippen molar-refractivity contribution in [3.05, 3.63) is 65.2 Å². The summed E-state index contributed by atoms with van der Waals surface area (Å²) in [5, 5.41) is 19.8. The van der Waals surface area contributed by atoms with Crippen LogP contribution in [0.4, 0.5) is 0 Å². The molecule has 5 heteroatoms. The summed E-state index contributed by atoms with van der Waals surface area (Å²) in [4.78, 5) is 5.60. The summed E-state index contributed by atoms with van der Waals surface area (Å²) in [7, 11) is 0. The van der Waals surface area contributed by atoms with Gasteiger partial charge in [-0.05, 0) is 37.6 Å². The second-order valence-electron chi connectivity index (χ2n) is 6.38. The minimum absolute atomic E-state index is 0.374. The van der Waals surface area contributed by atoms with Gasteiger partial charge in [0.2, 0.25) is 0 Å². The zero-order valence-corrected chi connectivity index (χ0v) is 13.7. The number of nitriles is 1. The third-order valence-electron chi connectivity index (χ3n) is 4.17. The third-order valence-corrected chi connectivity index (χ3v) is 4.17. The smallest absolute Gasteiger partial charge is 0.131 e. The van der Waals surface area contributed by atoms with Gasteiger partial charge in [0.15, 0.2) is 0 Å². The van der Waals surface area contributed by atoms with Crippen LogP contribution >= 0.6 is 0 Å². The lowest BCUT2D eigenvalue weighted by atomic mass is 9.86. The van der Waals surface area contributed by atoms with Crippen LogP contribution in [0.5, 0.6) is 5.75 Å². The van der Waals surface area contributed by atoms with E-state index in [9.17, 15) is 5.11 Å². The van der Waals surface area contributed by atoms with E-state index in [-0.39, 0.29) is 0 Å². The van der Waals surface area contributed by atoms with E-state index in [1.54, 1.807) is 18.2 Å². The molecule has 0 saturated heterocycles. The lowest BCUT2D eigenvalue weighted by Gasteiger charge is -2.42. The van der Waals surface area contributed by atoms with Crippen LogP contribution in [0, 0.1) is 11.3 Å². The molecular weight excluding hydrogens is 304 g/mol. The number of nitrogens with zero attached hydrogens (tertiary/aromatic N) is 1. The number of hydroxylamine groups is 1. The van der Waals surface area contributed by atoms with E-state index in [1.807, 2.05) is 44.2 Å². The fourth-order valence-electron chi connectivity index (χ4n) is 2.79. The average molecular weight is 324 g/mol. The largest absolute Gasteiger partial charge is 0.485 e. The highest BCUT2D eigenvalue weighted by Crippen LogP contribution is 2.40. The number of benzene rings is 2. The van der Waals surface area contributed by atoms with Crippen molar-refractivity contribution in [3.63, 3.8) is 0 Å². The van der Waals surface area contributed by atoms with Gasteiger partial charge in [0.05, 0.1) is 24.3 Å². The molecule has 1 aliphatic rings. The molecule has 0 radical (unpaired) electrons. The van der Waals surface area contributed by atoms with Gasteiger partial charge in [-0.1, -0.05) is 30.3 Å². The number of ether oxygens (including phenoxy) is 1. The van der Waals surface area contributed by atoms with Crippen molar-refractivity contribution >= 4 is 0 Å². The Morgan fingerprint density at radius 3 is 2.71 bits per heavy atom. The second kappa shape index (κ2) is 6.62. The van der Waals surface area contributed by atoms with Crippen LogP contribution in [-0.4, -0.2) is 16.8 Å². The molecule has 0 aromatic heterocycles. The lowest BCUT2D eigenvalue weighted by molar-refractivity contribution is -0.108. The first-order valence-corrected chi connectivity index (χ1v) is 7.83. The van der Waals surface area contributed by atoms with Crippen LogP contribution in [0.3, 0.4) is 0 Å². The molecule has 2 atom stereocenters. The van der Waals surface area contributed by atoms with Crippen LogP contribution in [0.15, 0.2) is 48.5 Å². The molecule has 0 saturated carbocycles. The minimum Gasteiger partial charge on any atom is -0.485 e. The van der Waals surface area contributed by atoms with Gasteiger partial charge in [0, 0.05) is 5.56 Å². The summed E-state index contributed by atoms with van der Waals surface area (Å²) in [5.41, 5.74) is 4.43. The van der Waals surface area contributed by atoms with Crippen LogP contribution in [-0.2, 0) is 11.4 Å². The van der Waals surface area contributed by atoms with Crippen molar-refractivity contribution in [1.82, 2.24) is 5.48 Å². The molecule has 0 unspecified atom stereocenters. The fourth-order valence-corrected chi connectivity index (χ4v) is 2.79. The number of fused-ring (bicyclic) bond motifs is 1. The van der Waals surface area contributed by atoms with Crippen LogP contribution in [0.25, 0.3) is 0 Å². The molecule has 124 valence electrons. The molecule has 0 bridgehead atoms. The zero-order chi connectivity index (χ0) is 17.2. The SMILES string of the molecule is CC1(C)Oc2ccc(C#N)cc2[C@@H](NOCc2ccccc2)[C@@H]1O. The molecule has 2 aromatic carbocycles. The Morgan fingerprint density at radius 1 is 1.25 bits per heavy atom. The van der Waals surface area contributed by atoms with Crippen molar-refractivity contribution in [2.45, 2.75) is 38.2 Å². The van der Waals surface area contributed by atoms with Crippen molar-refractivity contribution < 1.29 is 14.7 Å². The van der Waals surface area contributed by atoms with Gasteiger partial charge in [-0.15, -0.1) is 0 Å². The summed E-state index contributed by atoms with van der Waals surface area (Å²) in [6, 6.07) is 16.6. The molecule has 0 amide bonds. The maximum absolute atomic E-state index is 10.7. The molecule has 2 N–H and O–H groups in total. The number of nitrogens with one attached hydrogen (secondary N) is 1.